The summed E-state index contributed by atoms with van der Waals surface area (Å²) in [5.41, 5.74) is 0.384. The van der Waals surface area contributed by atoms with Gasteiger partial charge in [0.25, 0.3) is 0 Å². The summed E-state index contributed by atoms with van der Waals surface area (Å²) in [6.07, 6.45) is -4.60. The van der Waals surface area contributed by atoms with Crippen molar-refractivity contribution in [3.63, 3.8) is 0 Å². The molecule has 0 unspecified atom stereocenters. The lowest BCUT2D eigenvalue weighted by atomic mass is 9.88. The molecule has 12 heavy (non-hydrogen) atoms. The molecule has 0 bridgehead atoms. The van der Waals surface area contributed by atoms with E-state index in [0.29, 0.717) is 12.9 Å². The third kappa shape index (κ3) is 3.43. The summed E-state index contributed by atoms with van der Waals surface area (Å²) in [7, 11) is 0.667. The average Bonchev–Trinajstić information content (AvgIpc) is 2.02. The highest BCUT2D eigenvalue weighted by Crippen LogP contribution is 2.14. The molecule has 0 amide bonds. The fraction of sp³-hybridized carbons (Fsp3) is 0.143. The van der Waals surface area contributed by atoms with Gasteiger partial charge in [0.05, 0.1) is 0 Å². The highest BCUT2D eigenvalue weighted by atomic mass is 19.4. The maximum atomic E-state index is 11.5. The van der Waals surface area contributed by atoms with Crippen LogP contribution >= 0.6 is 0 Å². The fourth-order valence-electron chi connectivity index (χ4n) is 0.666. The Morgan fingerprint density at radius 1 is 1.08 bits per heavy atom. The zero-order valence-electron chi connectivity index (χ0n) is 6.01. The van der Waals surface area contributed by atoms with Crippen LogP contribution in [0.5, 0.6) is 0 Å². The van der Waals surface area contributed by atoms with Gasteiger partial charge in [-0.3, -0.25) is 0 Å². The Kier molecular flexibility index (Phi) is 2.76. The lowest BCUT2D eigenvalue weighted by Crippen LogP contribution is -2.25. The second-order valence-corrected chi connectivity index (χ2v) is 2.09. The summed E-state index contributed by atoms with van der Waals surface area (Å²) in [6, 6.07) is 8.01. The van der Waals surface area contributed by atoms with Gasteiger partial charge in [-0.05, 0) is 0 Å². The SMILES string of the molecule is FC(F)(F)O[B]c1ccccc1. The van der Waals surface area contributed by atoms with Crippen molar-refractivity contribution in [1.29, 1.82) is 0 Å². The van der Waals surface area contributed by atoms with E-state index in [1.807, 2.05) is 0 Å². The minimum Gasteiger partial charge on any atom is -0.353 e. The topological polar surface area (TPSA) is 9.23 Å². The molecule has 0 fully saturated rings. The molecule has 0 spiro atoms. The number of alkyl halides is 3. The Balaban J connectivity index is 2.44. The standard InChI is InChI=1S/C7H5BF3O/c9-7(10,11)12-8-6-4-2-1-3-5-6/h1-5H. The van der Waals surface area contributed by atoms with Crippen LogP contribution < -0.4 is 5.46 Å². The summed E-state index contributed by atoms with van der Waals surface area (Å²) in [5.74, 6) is 0. The predicted octanol–water partition coefficient (Wildman–Crippen LogP) is 1.47. The normalized spacial score (nSPS) is 11.2. The van der Waals surface area contributed by atoms with Crippen molar-refractivity contribution in [3.8, 4) is 0 Å². The van der Waals surface area contributed by atoms with Crippen LogP contribution in [0.4, 0.5) is 13.2 Å². The highest BCUT2D eigenvalue weighted by Gasteiger charge is 2.28. The van der Waals surface area contributed by atoms with Crippen molar-refractivity contribution < 1.29 is 17.8 Å². The van der Waals surface area contributed by atoms with E-state index in [9.17, 15) is 13.2 Å². The molecule has 1 aromatic carbocycles. The number of hydrogen-bond donors (Lipinski definition) is 0. The molecule has 1 aromatic rings. The van der Waals surface area contributed by atoms with Crippen molar-refractivity contribution in [2.45, 2.75) is 6.36 Å². The number of hydrogen-bond acceptors (Lipinski definition) is 1. The molecule has 1 nitrogen and oxygen atoms in total. The zero-order chi connectivity index (χ0) is 9.03. The van der Waals surface area contributed by atoms with E-state index in [1.165, 1.54) is 12.1 Å². The molecule has 5 heteroatoms. The van der Waals surface area contributed by atoms with Crippen molar-refractivity contribution in [2.24, 2.45) is 0 Å². The van der Waals surface area contributed by atoms with Crippen LogP contribution in [0.1, 0.15) is 0 Å². The molecule has 0 aromatic heterocycles. The molecule has 0 saturated carbocycles. The lowest BCUT2D eigenvalue weighted by molar-refractivity contribution is -0.275. The molecule has 1 radical (unpaired) electrons. The molecule has 0 aliphatic heterocycles. The first-order valence-corrected chi connectivity index (χ1v) is 3.21. The molecule has 1 rings (SSSR count). The van der Waals surface area contributed by atoms with Crippen LogP contribution in [0.25, 0.3) is 0 Å². The smallest absolute Gasteiger partial charge is 0.353 e. The minimum atomic E-state index is -4.60. The third-order valence-corrected chi connectivity index (χ3v) is 1.13. The van der Waals surface area contributed by atoms with Gasteiger partial charge in [0.2, 0.25) is 0 Å². The summed E-state index contributed by atoms with van der Waals surface area (Å²) in [6.45, 7) is 0. The molecular weight excluding hydrogens is 168 g/mol. The average molecular weight is 173 g/mol. The quantitative estimate of drug-likeness (QED) is 0.615. The van der Waals surface area contributed by atoms with Gasteiger partial charge in [0.15, 0.2) is 0 Å². The van der Waals surface area contributed by atoms with Crippen LogP contribution in [0, 0.1) is 0 Å². The Labute approximate surface area is 68.4 Å². The molecule has 0 atom stereocenters. The van der Waals surface area contributed by atoms with E-state index in [0.717, 1.165) is 0 Å². The highest BCUT2D eigenvalue weighted by molar-refractivity contribution is 6.46. The van der Waals surface area contributed by atoms with Gasteiger partial charge in [-0.25, -0.2) is 0 Å². The van der Waals surface area contributed by atoms with E-state index in [2.05, 4.69) is 4.65 Å². The maximum absolute atomic E-state index is 11.5. The van der Waals surface area contributed by atoms with E-state index >= 15 is 0 Å². The zero-order valence-corrected chi connectivity index (χ0v) is 6.01. The monoisotopic (exact) mass is 173 g/mol. The molecule has 0 N–H and O–H groups in total. The molecule has 0 aliphatic rings. The summed E-state index contributed by atoms with van der Waals surface area (Å²) in [4.78, 5) is 0. The second-order valence-electron chi connectivity index (χ2n) is 2.09. The number of benzene rings is 1. The summed E-state index contributed by atoms with van der Waals surface area (Å²) < 4.78 is 38.0. The molecule has 0 aliphatic carbocycles. The Morgan fingerprint density at radius 2 is 1.67 bits per heavy atom. The predicted molar refractivity (Wildman–Crippen MR) is 39.0 cm³/mol. The first-order valence-electron chi connectivity index (χ1n) is 3.21. The fourth-order valence-corrected chi connectivity index (χ4v) is 0.666. The third-order valence-electron chi connectivity index (χ3n) is 1.13. The van der Waals surface area contributed by atoms with E-state index in [-0.39, 0.29) is 0 Å². The van der Waals surface area contributed by atoms with Crippen molar-refractivity contribution in [1.82, 2.24) is 0 Å². The molecule has 0 heterocycles. The van der Waals surface area contributed by atoms with E-state index in [1.54, 1.807) is 18.2 Å². The first kappa shape index (κ1) is 9.13. The summed E-state index contributed by atoms with van der Waals surface area (Å²) >= 11 is 0. The lowest BCUT2D eigenvalue weighted by Gasteiger charge is -2.05. The van der Waals surface area contributed by atoms with Crippen molar-refractivity contribution in [2.75, 3.05) is 0 Å². The van der Waals surface area contributed by atoms with E-state index in [4.69, 9.17) is 0 Å². The second kappa shape index (κ2) is 3.62. The van der Waals surface area contributed by atoms with Gasteiger partial charge < -0.3 is 4.65 Å². The maximum Gasteiger partial charge on any atom is 0.508 e. The van der Waals surface area contributed by atoms with Gasteiger partial charge in [-0.2, -0.15) is 0 Å². The van der Waals surface area contributed by atoms with Crippen LogP contribution in [0.3, 0.4) is 0 Å². The Hall–Kier alpha value is -0.965. The first-order chi connectivity index (χ1) is 5.58. The van der Waals surface area contributed by atoms with Crippen LogP contribution in [0.2, 0.25) is 0 Å². The molecule has 63 valence electrons. The van der Waals surface area contributed by atoms with Crippen molar-refractivity contribution >= 4 is 12.9 Å². The largest absolute Gasteiger partial charge is 0.508 e. The van der Waals surface area contributed by atoms with Crippen LogP contribution in [0.15, 0.2) is 30.3 Å². The number of rotatable bonds is 2. The minimum absolute atomic E-state index is 0.384. The molecular formula is C7H5BF3O. The van der Waals surface area contributed by atoms with Gasteiger partial charge in [-0.1, -0.05) is 35.8 Å². The van der Waals surface area contributed by atoms with Crippen molar-refractivity contribution in [3.05, 3.63) is 30.3 Å². The van der Waals surface area contributed by atoms with Gasteiger partial charge in [-0.15, -0.1) is 13.2 Å². The Morgan fingerprint density at radius 3 is 2.17 bits per heavy atom. The van der Waals surface area contributed by atoms with Crippen LogP contribution in [-0.4, -0.2) is 13.8 Å². The molecule has 0 saturated heterocycles. The Bertz CT molecular complexity index is 234. The van der Waals surface area contributed by atoms with E-state index < -0.39 is 6.36 Å². The van der Waals surface area contributed by atoms with Gasteiger partial charge >= 0.3 is 13.8 Å². The van der Waals surface area contributed by atoms with Gasteiger partial charge in [0, 0.05) is 0 Å². The number of halogens is 3. The van der Waals surface area contributed by atoms with Crippen LogP contribution in [-0.2, 0) is 4.65 Å². The van der Waals surface area contributed by atoms with Gasteiger partial charge in [0.1, 0.15) is 0 Å². The summed E-state index contributed by atoms with van der Waals surface area (Å²) in [5, 5.41) is 0.